The van der Waals surface area contributed by atoms with Gasteiger partial charge >= 0.3 is 6.61 Å². The number of ether oxygens (including phenoxy) is 1. The van der Waals surface area contributed by atoms with Crippen molar-refractivity contribution in [2.75, 3.05) is 11.5 Å². The summed E-state index contributed by atoms with van der Waals surface area (Å²) < 4.78 is 55.8. The predicted molar refractivity (Wildman–Crippen MR) is 95.6 cm³/mol. The van der Waals surface area contributed by atoms with E-state index >= 15 is 0 Å². The highest BCUT2D eigenvalue weighted by Crippen LogP contribution is 2.57. The Kier molecular flexibility index (Phi) is 6.04. The molecular formula is C18H16F4O2S2. The minimum absolute atomic E-state index is 0.0806. The van der Waals surface area contributed by atoms with Crippen LogP contribution < -0.4 is 4.74 Å². The van der Waals surface area contributed by atoms with E-state index in [9.17, 15) is 22.7 Å². The fourth-order valence-electron chi connectivity index (χ4n) is 2.87. The van der Waals surface area contributed by atoms with Gasteiger partial charge in [0.25, 0.3) is 0 Å². The smallest absolute Gasteiger partial charge is 0.387 e. The van der Waals surface area contributed by atoms with Crippen LogP contribution >= 0.6 is 23.5 Å². The molecule has 1 aliphatic heterocycles. The summed E-state index contributed by atoms with van der Waals surface area (Å²) in [5.74, 6) is -0.130. The molecule has 8 heteroatoms. The summed E-state index contributed by atoms with van der Waals surface area (Å²) in [6, 6.07) is 8.94. The quantitative estimate of drug-likeness (QED) is 0.683. The Labute approximate surface area is 156 Å². The molecule has 3 rings (SSSR count). The van der Waals surface area contributed by atoms with E-state index in [0.29, 0.717) is 22.6 Å². The zero-order chi connectivity index (χ0) is 18.7. The van der Waals surface area contributed by atoms with Gasteiger partial charge in [-0.1, -0.05) is 12.1 Å². The maximum atomic E-state index is 13.8. The molecule has 0 aromatic heterocycles. The molecule has 1 heterocycles. The lowest BCUT2D eigenvalue weighted by Gasteiger charge is -2.40. The molecule has 26 heavy (non-hydrogen) atoms. The molecular weight excluding hydrogens is 388 g/mol. The summed E-state index contributed by atoms with van der Waals surface area (Å²) in [4.78, 5) is 0. The van der Waals surface area contributed by atoms with Crippen LogP contribution in [0.25, 0.3) is 0 Å². The Morgan fingerprint density at radius 2 is 1.65 bits per heavy atom. The fourth-order valence-corrected chi connectivity index (χ4v) is 6.22. The summed E-state index contributed by atoms with van der Waals surface area (Å²) in [7, 11) is 0. The van der Waals surface area contributed by atoms with Crippen molar-refractivity contribution in [3.05, 3.63) is 65.2 Å². The summed E-state index contributed by atoms with van der Waals surface area (Å²) in [5, 5.41) is 11.1. The van der Waals surface area contributed by atoms with Gasteiger partial charge in [0.05, 0.1) is 0 Å². The van der Waals surface area contributed by atoms with Gasteiger partial charge in [0.15, 0.2) is 0 Å². The number of alkyl halides is 2. The lowest BCUT2D eigenvalue weighted by Crippen LogP contribution is -2.31. The first-order valence-corrected chi connectivity index (χ1v) is 9.85. The second kappa shape index (κ2) is 8.10. The van der Waals surface area contributed by atoms with Crippen LogP contribution in [0.3, 0.4) is 0 Å². The van der Waals surface area contributed by atoms with E-state index in [0.717, 1.165) is 12.5 Å². The second-order valence-corrected chi connectivity index (χ2v) is 8.67. The third-order valence-electron chi connectivity index (χ3n) is 3.95. The number of aliphatic hydroxyl groups excluding tert-OH is 1. The summed E-state index contributed by atoms with van der Waals surface area (Å²) in [6.45, 7) is -2.98. The molecule has 1 fully saturated rings. The van der Waals surface area contributed by atoms with Crippen molar-refractivity contribution >= 4 is 23.5 Å². The van der Waals surface area contributed by atoms with Gasteiger partial charge in [0, 0.05) is 6.07 Å². The second-order valence-electron chi connectivity index (χ2n) is 5.73. The molecule has 0 saturated carbocycles. The van der Waals surface area contributed by atoms with Crippen LogP contribution in [0, 0.1) is 11.6 Å². The first-order valence-electron chi connectivity index (χ1n) is 7.88. The van der Waals surface area contributed by atoms with E-state index in [1.807, 2.05) is 0 Å². The first-order chi connectivity index (χ1) is 12.4. The average Bonchev–Trinajstić information content (AvgIpc) is 2.60. The maximum absolute atomic E-state index is 13.8. The van der Waals surface area contributed by atoms with Crippen molar-refractivity contribution < 1.29 is 27.4 Å². The summed E-state index contributed by atoms with van der Waals surface area (Å²) in [6.07, 6.45) is -0.268. The van der Waals surface area contributed by atoms with Gasteiger partial charge < -0.3 is 9.84 Å². The number of rotatable bonds is 5. The molecule has 1 atom stereocenters. The lowest BCUT2D eigenvalue weighted by molar-refractivity contribution is -0.0500. The molecule has 0 spiro atoms. The van der Waals surface area contributed by atoms with Crippen LogP contribution in [0.1, 0.15) is 23.7 Å². The van der Waals surface area contributed by atoms with Crippen molar-refractivity contribution in [3.63, 3.8) is 0 Å². The fraction of sp³-hybridized carbons (Fsp3) is 0.333. The highest BCUT2D eigenvalue weighted by Gasteiger charge is 2.44. The van der Waals surface area contributed by atoms with Crippen molar-refractivity contribution in [2.45, 2.75) is 23.2 Å². The van der Waals surface area contributed by atoms with Crippen molar-refractivity contribution in [1.29, 1.82) is 0 Å². The van der Waals surface area contributed by atoms with Gasteiger partial charge in [-0.3, -0.25) is 0 Å². The number of benzene rings is 2. The van der Waals surface area contributed by atoms with Crippen LogP contribution in [0.2, 0.25) is 0 Å². The van der Waals surface area contributed by atoms with E-state index in [4.69, 9.17) is 0 Å². The normalized spacial score (nSPS) is 17.9. The maximum Gasteiger partial charge on any atom is 0.387 e. The minimum Gasteiger partial charge on any atom is -0.435 e. The van der Waals surface area contributed by atoms with Crippen molar-refractivity contribution in [3.8, 4) is 5.75 Å². The van der Waals surface area contributed by atoms with Crippen molar-refractivity contribution in [2.24, 2.45) is 0 Å². The van der Waals surface area contributed by atoms with Gasteiger partial charge in [0.2, 0.25) is 0 Å². The van der Waals surface area contributed by atoms with Gasteiger partial charge in [-0.15, -0.1) is 23.5 Å². The molecule has 1 N–H and O–H groups in total. The third kappa shape index (κ3) is 4.13. The number of aliphatic hydroxyl groups is 1. The Balaban J connectivity index is 2.02. The first kappa shape index (κ1) is 19.4. The Bertz CT molecular complexity index is 746. The van der Waals surface area contributed by atoms with Gasteiger partial charge in [-0.25, -0.2) is 8.78 Å². The highest BCUT2D eigenvalue weighted by atomic mass is 32.2. The van der Waals surface area contributed by atoms with Crippen LogP contribution in [-0.4, -0.2) is 23.2 Å². The van der Waals surface area contributed by atoms with Gasteiger partial charge in [-0.2, -0.15) is 8.78 Å². The predicted octanol–water partition coefficient (Wildman–Crippen LogP) is 5.32. The van der Waals surface area contributed by atoms with Crippen LogP contribution in [-0.2, 0) is 4.08 Å². The average molecular weight is 404 g/mol. The largest absolute Gasteiger partial charge is 0.435 e. The Hall–Kier alpha value is -1.38. The Morgan fingerprint density at radius 1 is 1.00 bits per heavy atom. The molecule has 140 valence electrons. The molecule has 1 unspecified atom stereocenters. The SMILES string of the molecule is OC(c1cccc(OC(F)F)c1)C1(c2cc(F)cc(F)c2)SCCCS1. The highest BCUT2D eigenvalue weighted by molar-refractivity contribution is 8.18. The summed E-state index contributed by atoms with van der Waals surface area (Å²) >= 11 is 2.79. The zero-order valence-electron chi connectivity index (χ0n) is 13.5. The molecule has 0 amide bonds. The monoisotopic (exact) mass is 404 g/mol. The molecule has 2 aromatic carbocycles. The third-order valence-corrected chi connectivity index (χ3v) is 7.41. The van der Waals surface area contributed by atoms with E-state index in [1.54, 1.807) is 6.07 Å². The van der Waals surface area contributed by atoms with Crippen molar-refractivity contribution in [1.82, 2.24) is 0 Å². The number of thioether (sulfide) groups is 2. The number of halogens is 4. The zero-order valence-corrected chi connectivity index (χ0v) is 15.1. The minimum atomic E-state index is -2.98. The summed E-state index contributed by atoms with van der Waals surface area (Å²) in [5.41, 5.74) is 0.659. The molecule has 2 aromatic rings. The number of hydrogen-bond donors (Lipinski definition) is 1. The van der Waals surface area contributed by atoms with E-state index in [-0.39, 0.29) is 5.75 Å². The topological polar surface area (TPSA) is 29.5 Å². The molecule has 2 nitrogen and oxygen atoms in total. The van der Waals surface area contributed by atoms with E-state index < -0.39 is 28.4 Å². The van der Waals surface area contributed by atoms with E-state index in [1.165, 1.54) is 53.9 Å². The van der Waals surface area contributed by atoms with E-state index in [2.05, 4.69) is 4.74 Å². The molecule has 0 bridgehead atoms. The number of hydrogen-bond acceptors (Lipinski definition) is 4. The molecule has 0 aliphatic carbocycles. The lowest BCUT2D eigenvalue weighted by atomic mass is 9.99. The molecule has 1 aliphatic rings. The van der Waals surface area contributed by atoms with Crippen LogP contribution in [0.5, 0.6) is 5.75 Å². The van der Waals surface area contributed by atoms with Gasteiger partial charge in [-0.05, 0) is 53.3 Å². The molecule has 0 radical (unpaired) electrons. The van der Waals surface area contributed by atoms with Crippen LogP contribution in [0.15, 0.2) is 42.5 Å². The van der Waals surface area contributed by atoms with Crippen LogP contribution in [0.4, 0.5) is 17.6 Å². The van der Waals surface area contributed by atoms with Gasteiger partial charge in [0.1, 0.15) is 27.6 Å². The standard InChI is InChI=1S/C18H16F4O2S2/c19-13-8-12(9-14(20)10-13)18(25-5-2-6-26-18)16(23)11-3-1-4-15(7-11)24-17(21)22/h1,3-4,7-10,16-17,23H,2,5-6H2. The molecule has 1 saturated heterocycles. The Morgan fingerprint density at radius 3 is 2.27 bits per heavy atom.